The van der Waals surface area contributed by atoms with E-state index in [-0.39, 0.29) is 47.9 Å². The van der Waals surface area contributed by atoms with Crippen LogP contribution in [0.3, 0.4) is 0 Å². The zero-order chi connectivity index (χ0) is 29.1. The van der Waals surface area contributed by atoms with E-state index in [1.807, 2.05) is 19.1 Å². The number of amides is 2. The number of hydrogen-bond acceptors (Lipinski definition) is 7. The summed E-state index contributed by atoms with van der Waals surface area (Å²) in [4.78, 5) is 32.1. The molecule has 0 aliphatic carbocycles. The number of nitrogens with one attached hydrogen (secondary N) is 7. The average molecular weight is 562 g/mol. The van der Waals surface area contributed by atoms with E-state index in [1.165, 1.54) is 0 Å². The molecule has 0 saturated carbocycles. The van der Waals surface area contributed by atoms with Crippen LogP contribution in [0.15, 0.2) is 36.5 Å². The Morgan fingerprint density at radius 3 is 2.76 bits per heavy atom. The lowest BCUT2D eigenvalue weighted by Gasteiger charge is -2.49. The van der Waals surface area contributed by atoms with Crippen molar-refractivity contribution in [3.05, 3.63) is 58.9 Å². The molecule has 13 nitrogen and oxygen atoms in total. The molecule has 1 spiro atoms. The first-order valence-corrected chi connectivity index (χ1v) is 13.7. The summed E-state index contributed by atoms with van der Waals surface area (Å²) in [5, 5.41) is 43.8. The number of carbonyl (C=O) groups excluding carboxylic acids is 2. The molecule has 6 rings (SSSR count). The summed E-state index contributed by atoms with van der Waals surface area (Å²) in [6.07, 6.45) is 1.26. The van der Waals surface area contributed by atoms with E-state index < -0.39 is 29.9 Å². The molecular weight excluding hydrogens is 526 g/mol. The average Bonchev–Trinajstić information content (AvgIpc) is 3.43. The number of nitrogens with zero attached hydrogens (tertiary/aromatic N) is 2. The number of benzene rings is 1. The first-order chi connectivity index (χ1) is 19.5. The van der Waals surface area contributed by atoms with Gasteiger partial charge in [-0.05, 0) is 36.5 Å². The van der Waals surface area contributed by atoms with Gasteiger partial charge in [-0.15, -0.1) is 0 Å². The van der Waals surface area contributed by atoms with E-state index in [0.29, 0.717) is 17.9 Å². The maximum Gasteiger partial charge on any atom is 0.269 e. The van der Waals surface area contributed by atoms with Crippen molar-refractivity contribution in [3.8, 4) is 5.75 Å². The fourth-order valence-electron chi connectivity index (χ4n) is 6.39. The van der Waals surface area contributed by atoms with Crippen LogP contribution in [-0.2, 0) is 5.41 Å². The largest absolute Gasteiger partial charge is 0.492 e. The van der Waals surface area contributed by atoms with Gasteiger partial charge in [0.05, 0.1) is 30.3 Å². The molecule has 2 amide bonds. The molecule has 8 N–H and O–H groups in total. The van der Waals surface area contributed by atoms with Gasteiger partial charge in [-0.3, -0.25) is 25.4 Å². The summed E-state index contributed by atoms with van der Waals surface area (Å²) in [5.41, 5.74) is 1.14. The van der Waals surface area contributed by atoms with E-state index in [1.54, 1.807) is 29.3 Å². The minimum atomic E-state index is -1.29. The second-order valence-electron chi connectivity index (χ2n) is 11.8. The van der Waals surface area contributed by atoms with Gasteiger partial charge in [0.25, 0.3) is 11.8 Å². The number of carbonyl (C=O) groups is 2. The first kappa shape index (κ1) is 26.8. The Bertz CT molecular complexity index is 1430. The highest BCUT2D eigenvalue weighted by molar-refractivity contribution is 5.98. The van der Waals surface area contributed by atoms with E-state index in [0.717, 1.165) is 17.5 Å². The molecule has 13 heteroatoms. The summed E-state index contributed by atoms with van der Waals surface area (Å²) in [5.74, 6) is -0.211. The van der Waals surface area contributed by atoms with Crippen molar-refractivity contribution in [2.45, 2.75) is 62.5 Å². The van der Waals surface area contributed by atoms with Crippen molar-refractivity contribution in [2.75, 3.05) is 19.7 Å². The molecule has 3 saturated heterocycles. The molecular formula is C28H35N9O4. The molecule has 1 aromatic carbocycles. The van der Waals surface area contributed by atoms with Crippen LogP contribution in [0.4, 0.5) is 0 Å². The molecule has 0 bridgehead atoms. The number of pyridine rings is 1. The van der Waals surface area contributed by atoms with Crippen LogP contribution in [0, 0.1) is 17.7 Å². The number of aromatic nitrogens is 1. The third kappa shape index (κ3) is 4.31. The van der Waals surface area contributed by atoms with Crippen molar-refractivity contribution >= 4 is 23.7 Å². The highest BCUT2D eigenvalue weighted by Gasteiger charge is 2.66. The third-order valence-electron chi connectivity index (χ3n) is 8.66. The zero-order valence-corrected chi connectivity index (χ0v) is 23.2. The predicted octanol–water partition coefficient (Wildman–Crippen LogP) is -0.246. The third-order valence-corrected chi connectivity index (χ3v) is 8.66. The number of ether oxygens (including phenoxy) is 1. The number of guanidine groups is 2. The molecule has 1 unspecified atom stereocenters. The Labute approximate surface area is 237 Å². The van der Waals surface area contributed by atoms with Crippen molar-refractivity contribution < 1.29 is 19.4 Å². The maximum atomic E-state index is 13.5. The number of aliphatic hydroxyl groups is 1. The molecule has 5 atom stereocenters. The molecule has 0 radical (unpaired) electrons. The van der Waals surface area contributed by atoms with Crippen LogP contribution < -0.4 is 31.3 Å². The van der Waals surface area contributed by atoms with E-state index in [2.05, 4.69) is 45.4 Å². The summed E-state index contributed by atoms with van der Waals surface area (Å²) in [6.45, 7) is 6.87. The van der Waals surface area contributed by atoms with Crippen molar-refractivity contribution in [3.63, 3.8) is 0 Å². The van der Waals surface area contributed by atoms with E-state index in [4.69, 9.17) is 15.6 Å². The lowest BCUT2D eigenvalue weighted by molar-refractivity contribution is 0.00611. The van der Waals surface area contributed by atoms with Gasteiger partial charge >= 0.3 is 0 Å². The van der Waals surface area contributed by atoms with Gasteiger partial charge in [0.15, 0.2) is 17.6 Å². The summed E-state index contributed by atoms with van der Waals surface area (Å²) in [6, 6.07) is 7.03. The zero-order valence-electron chi connectivity index (χ0n) is 23.2. The van der Waals surface area contributed by atoms with Gasteiger partial charge in [-0.1, -0.05) is 32.0 Å². The van der Waals surface area contributed by atoms with Crippen LogP contribution in [0.2, 0.25) is 0 Å². The second-order valence-corrected chi connectivity index (χ2v) is 11.8. The summed E-state index contributed by atoms with van der Waals surface area (Å²) >= 11 is 0. The number of para-hydroxylation sites is 1. The topological polar surface area (TPSA) is 188 Å². The Morgan fingerprint density at radius 1 is 1.20 bits per heavy atom. The highest BCUT2D eigenvalue weighted by atomic mass is 16.5. The van der Waals surface area contributed by atoms with Crippen molar-refractivity contribution in [2.24, 2.45) is 0 Å². The van der Waals surface area contributed by atoms with Crippen molar-refractivity contribution in [1.29, 1.82) is 10.8 Å². The standard InChI is InChI=1S/C28H35N9O4/c1-14-7-8-17(31-11-14)24(40)32-12-18-21-28(36-25(29)35-21)22(38)19(13-37(28)26(30)34-18)33-23(39)15-5-4-6-16-20(15)41-10-9-27(16,2)3/h4-8,11,18-19,21-22,38H,9-10,12-13H2,1-3H3,(H2,30,34)(H,32,40)(H,33,39)(H3,29,35,36)/t18-,19?,21-,22+,28-/m0/s1. The molecule has 2 aromatic rings. The molecule has 1 aromatic heterocycles. The van der Waals surface area contributed by atoms with E-state index >= 15 is 0 Å². The second kappa shape index (κ2) is 9.61. The van der Waals surface area contributed by atoms with Gasteiger partial charge in [0.2, 0.25) is 0 Å². The molecule has 216 valence electrons. The smallest absolute Gasteiger partial charge is 0.269 e. The monoisotopic (exact) mass is 561 g/mol. The van der Waals surface area contributed by atoms with Crippen LogP contribution in [-0.4, -0.2) is 88.3 Å². The van der Waals surface area contributed by atoms with Gasteiger partial charge in [0, 0.05) is 24.8 Å². The predicted molar refractivity (Wildman–Crippen MR) is 150 cm³/mol. The molecule has 41 heavy (non-hydrogen) atoms. The minimum Gasteiger partial charge on any atom is -0.492 e. The van der Waals surface area contributed by atoms with Crippen molar-refractivity contribution in [1.82, 2.24) is 36.5 Å². The lowest BCUT2D eigenvalue weighted by Crippen LogP contribution is -2.78. The van der Waals surface area contributed by atoms with Crippen LogP contribution in [0.25, 0.3) is 0 Å². The highest BCUT2D eigenvalue weighted by Crippen LogP contribution is 2.41. The fraction of sp³-hybridized carbons (Fsp3) is 0.464. The minimum absolute atomic E-state index is 0.0101. The first-order valence-electron chi connectivity index (χ1n) is 13.7. The number of hydrogen-bond donors (Lipinski definition) is 8. The molecule has 3 fully saturated rings. The Hall–Kier alpha value is -4.39. The van der Waals surface area contributed by atoms with E-state index in [9.17, 15) is 14.7 Å². The fourth-order valence-corrected chi connectivity index (χ4v) is 6.39. The van der Waals surface area contributed by atoms with Gasteiger partial charge in [-0.2, -0.15) is 0 Å². The van der Waals surface area contributed by atoms with Crippen LogP contribution >= 0.6 is 0 Å². The number of rotatable bonds is 5. The lowest BCUT2D eigenvalue weighted by atomic mass is 9.79. The normalized spacial score (nSPS) is 29.1. The molecule has 5 heterocycles. The maximum absolute atomic E-state index is 13.5. The number of aryl methyl sites for hydroxylation is 1. The van der Waals surface area contributed by atoms with Crippen LogP contribution in [0.5, 0.6) is 5.75 Å². The molecule has 4 aliphatic heterocycles. The quantitative estimate of drug-likeness (QED) is 0.244. The van der Waals surface area contributed by atoms with Gasteiger partial charge in [-0.25, -0.2) is 0 Å². The Kier molecular flexibility index (Phi) is 6.29. The summed E-state index contributed by atoms with van der Waals surface area (Å²) < 4.78 is 5.93. The SMILES string of the molecule is Cc1ccc(C(=O)NC[C@@H]2NC(=N)N3CC(NC(=O)c4cccc5c4OCCC5(C)C)[C@@H](O)[C@@]34NC(=N)N[C@@H]24)nc1. The van der Waals surface area contributed by atoms with Crippen LogP contribution in [0.1, 0.15) is 52.2 Å². The Morgan fingerprint density at radius 2 is 2.00 bits per heavy atom. The van der Waals surface area contributed by atoms with Gasteiger partial charge in [0.1, 0.15) is 17.5 Å². The number of aliphatic hydroxyl groups excluding tert-OH is 1. The number of fused-ring (bicyclic) bond motifs is 1. The molecule has 4 aliphatic rings. The van der Waals surface area contributed by atoms with Gasteiger partial charge < -0.3 is 41.3 Å². The summed E-state index contributed by atoms with van der Waals surface area (Å²) in [7, 11) is 0. The Balaban J connectivity index is 1.22.